The lowest BCUT2D eigenvalue weighted by atomic mass is 9.47. The lowest BCUT2D eigenvalue weighted by molar-refractivity contribution is -0.155. The van der Waals surface area contributed by atoms with Crippen molar-refractivity contribution in [3.8, 4) is 0 Å². The van der Waals surface area contributed by atoms with Crippen LogP contribution in [0.15, 0.2) is 23.8 Å². The van der Waals surface area contributed by atoms with Crippen molar-refractivity contribution in [3.63, 3.8) is 0 Å². The van der Waals surface area contributed by atoms with Gasteiger partial charge in [-0.3, -0.25) is 4.79 Å². The average molecular weight is 637 g/mol. The number of allylic oxidation sites excluding steroid dienone is 4. The SMILES string of the molecule is CCCCCCCCCCCCCCCC(=O)O[C@H]1CC[C@@]2(C)[C@@H](CC=C3[C@@H]2CC[C@]2(C)[C@@H]([C@H](C)/C=C/[C@H](C)C(C)C)CC[C@@H]32)C1. The van der Waals surface area contributed by atoms with Crippen molar-refractivity contribution in [3.05, 3.63) is 23.8 Å². The molecule has 2 heteroatoms. The Morgan fingerprint density at radius 3 is 2.00 bits per heavy atom. The van der Waals surface area contributed by atoms with Gasteiger partial charge in [0.05, 0.1) is 0 Å². The van der Waals surface area contributed by atoms with Crippen molar-refractivity contribution in [2.45, 2.75) is 196 Å². The van der Waals surface area contributed by atoms with Crippen LogP contribution in [0.3, 0.4) is 0 Å². The molecule has 0 aromatic carbocycles. The van der Waals surface area contributed by atoms with Gasteiger partial charge in [0.2, 0.25) is 0 Å². The van der Waals surface area contributed by atoms with Crippen molar-refractivity contribution >= 4 is 5.97 Å². The molecule has 0 aromatic rings. The molecule has 0 aliphatic heterocycles. The van der Waals surface area contributed by atoms with E-state index in [0.717, 1.165) is 42.9 Å². The van der Waals surface area contributed by atoms with Crippen LogP contribution in [0.25, 0.3) is 0 Å². The lowest BCUT2D eigenvalue weighted by Gasteiger charge is -2.58. The summed E-state index contributed by atoms with van der Waals surface area (Å²) in [6.07, 6.45) is 36.1. The lowest BCUT2D eigenvalue weighted by Crippen LogP contribution is -2.50. The van der Waals surface area contributed by atoms with Gasteiger partial charge in [-0.2, -0.15) is 0 Å². The summed E-state index contributed by atoms with van der Waals surface area (Å²) in [5.74, 6) is 5.13. The van der Waals surface area contributed by atoms with Crippen LogP contribution in [-0.2, 0) is 9.53 Å². The first kappa shape index (κ1) is 37.8. The molecule has 3 saturated carbocycles. The number of hydrogen-bond donors (Lipinski definition) is 0. The quantitative estimate of drug-likeness (QED) is 0.0801. The summed E-state index contributed by atoms with van der Waals surface area (Å²) in [7, 11) is 0. The zero-order valence-corrected chi connectivity index (χ0v) is 31.7. The van der Waals surface area contributed by atoms with Crippen LogP contribution in [-0.4, -0.2) is 12.1 Å². The monoisotopic (exact) mass is 637 g/mol. The first-order chi connectivity index (χ1) is 22.1. The standard InChI is InChI=1S/C44H76O2/c1-8-9-10-11-12-13-14-15-16-17-18-19-20-21-42(45)46-37-28-30-43(6)36(32-37)24-25-38-40-27-26-39(44(40,7)31-29-41(38)43)35(5)23-22-34(4)33(2)3/h22-23,25,33-37,39-41H,8-21,24,26-32H2,1-7H3/b23-22+/t34-,35+,36-,37-,39+,40-,41-,43-,44+/m0/s1. The molecule has 4 aliphatic carbocycles. The minimum absolute atomic E-state index is 0.0695. The predicted molar refractivity (Wildman–Crippen MR) is 198 cm³/mol. The second kappa shape index (κ2) is 18.1. The highest BCUT2D eigenvalue weighted by Gasteiger charge is 2.58. The van der Waals surface area contributed by atoms with Crippen LogP contribution in [0.4, 0.5) is 0 Å². The molecule has 2 nitrogen and oxygen atoms in total. The number of carbonyl (C=O) groups is 1. The maximum absolute atomic E-state index is 12.8. The van der Waals surface area contributed by atoms with Crippen molar-refractivity contribution in [2.75, 3.05) is 0 Å². The first-order valence-corrected chi connectivity index (χ1v) is 20.7. The Balaban J connectivity index is 1.16. The van der Waals surface area contributed by atoms with Gasteiger partial charge in [0.1, 0.15) is 6.10 Å². The molecule has 0 aromatic heterocycles. The Morgan fingerprint density at radius 1 is 0.783 bits per heavy atom. The molecular weight excluding hydrogens is 560 g/mol. The number of unbranched alkanes of at least 4 members (excludes halogenated alkanes) is 12. The molecule has 0 spiro atoms. The van der Waals surface area contributed by atoms with Crippen LogP contribution < -0.4 is 0 Å². The maximum Gasteiger partial charge on any atom is 0.306 e. The Labute approximate surface area is 286 Å². The Kier molecular flexibility index (Phi) is 14.8. The summed E-state index contributed by atoms with van der Waals surface area (Å²) in [6, 6.07) is 0. The van der Waals surface area contributed by atoms with Gasteiger partial charge in [0.25, 0.3) is 0 Å². The fraction of sp³-hybridized carbons (Fsp3) is 0.886. The Morgan fingerprint density at radius 2 is 1.37 bits per heavy atom. The number of hydrogen-bond acceptors (Lipinski definition) is 2. The summed E-state index contributed by atoms with van der Waals surface area (Å²) in [5, 5.41) is 0. The second-order valence-electron chi connectivity index (χ2n) is 17.7. The smallest absolute Gasteiger partial charge is 0.306 e. The van der Waals surface area contributed by atoms with Crippen molar-refractivity contribution < 1.29 is 9.53 Å². The molecule has 0 amide bonds. The van der Waals surface area contributed by atoms with Gasteiger partial charge in [0.15, 0.2) is 0 Å². The molecule has 0 bridgehead atoms. The summed E-state index contributed by atoms with van der Waals surface area (Å²) < 4.78 is 6.14. The first-order valence-electron chi connectivity index (χ1n) is 20.7. The third-order valence-electron chi connectivity index (χ3n) is 14.3. The largest absolute Gasteiger partial charge is 0.462 e. The predicted octanol–water partition coefficient (Wildman–Crippen LogP) is 13.4. The summed E-state index contributed by atoms with van der Waals surface area (Å²) in [4.78, 5) is 12.8. The molecule has 0 N–H and O–H groups in total. The highest BCUT2D eigenvalue weighted by atomic mass is 16.5. The molecule has 264 valence electrons. The van der Waals surface area contributed by atoms with Gasteiger partial charge in [0, 0.05) is 6.42 Å². The topological polar surface area (TPSA) is 26.3 Å². The second-order valence-corrected chi connectivity index (χ2v) is 17.7. The Bertz CT molecular complexity index is 976. The van der Waals surface area contributed by atoms with Gasteiger partial charge in [-0.1, -0.05) is 149 Å². The van der Waals surface area contributed by atoms with E-state index in [0.29, 0.717) is 35.0 Å². The van der Waals surface area contributed by atoms with Crippen LogP contribution >= 0.6 is 0 Å². The van der Waals surface area contributed by atoms with E-state index < -0.39 is 0 Å². The molecule has 0 heterocycles. The van der Waals surface area contributed by atoms with Crippen molar-refractivity contribution in [1.82, 2.24) is 0 Å². The van der Waals surface area contributed by atoms with Gasteiger partial charge < -0.3 is 4.74 Å². The third-order valence-corrected chi connectivity index (χ3v) is 14.3. The number of esters is 1. The molecule has 0 saturated heterocycles. The normalized spacial score (nSPS) is 33.7. The zero-order chi connectivity index (χ0) is 33.2. The molecule has 46 heavy (non-hydrogen) atoms. The highest BCUT2D eigenvalue weighted by molar-refractivity contribution is 5.69. The van der Waals surface area contributed by atoms with Gasteiger partial charge >= 0.3 is 5.97 Å². The van der Waals surface area contributed by atoms with Gasteiger partial charge in [-0.05, 0) is 110 Å². The summed E-state index contributed by atoms with van der Waals surface area (Å²) in [6.45, 7) is 17.1. The fourth-order valence-corrected chi connectivity index (χ4v) is 10.7. The molecule has 0 unspecified atom stereocenters. The van der Waals surface area contributed by atoms with E-state index in [1.54, 1.807) is 0 Å². The van der Waals surface area contributed by atoms with E-state index >= 15 is 0 Å². The average Bonchev–Trinajstić information content (AvgIpc) is 3.39. The number of carbonyl (C=O) groups excluding carboxylic acids is 1. The van der Waals surface area contributed by atoms with E-state index in [4.69, 9.17) is 4.74 Å². The molecular formula is C44H76O2. The van der Waals surface area contributed by atoms with Crippen molar-refractivity contribution in [1.29, 1.82) is 0 Å². The van der Waals surface area contributed by atoms with Crippen molar-refractivity contribution in [2.24, 2.45) is 52.3 Å². The van der Waals surface area contributed by atoms with Crippen LogP contribution in [0.2, 0.25) is 0 Å². The van der Waals surface area contributed by atoms with Gasteiger partial charge in [-0.15, -0.1) is 0 Å². The maximum atomic E-state index is 12.8. The highest BCUT2D eigenvalue weighted by Crippen LogP contribution is 2.67. The summed E-state index contributed by atoms with van der Waals surface area (Å²) >= 11 is 0. The number of rotatable bonds is 19. The van der Waals surface area contributed by atoms with Crippen LogP contribution in [0.5, 0.6) is 0 Å². The van der Waals surface area contributed by atoms with E-state index in [9.17, 15) is 4.79 Å². The van der Waals surface area contributed by atoms with E-state index in [2.05, 4.69) is 66.7 Å². The van der Waals surface area contributed by atoms with Gasteiger partial charge in [-0.25, -0.2) is 0 Å². The number of ether oxygens (including phenoxy) is 1. The van der Waals surface area contributed by atoms with E-state index in [1.165, 1.54) is 116 Å². The molecule has 0 radical (unpaired) electrons. The molecule has 4 aliphatic rings. The third kappa shape index (κ3) is 9.55. The minimum atomic E-state index is 0.0695. The van der Waals surface area contributed by atoms with Crippen LogP contribution in [0.1, 0.15) is 190 Å². The number of fused-ring (bicyclic) bond motifs is 5. The molecule has 3 fully saturated rings. The molecule has 4 rings (SSSR count). The van der Waals surface area contributed by atoms with E-state index in [-0.39, 0.29) is 12.1 Å². The van der Waals surface area contributed by atoms with E-state index in [1.807, 2.05) is 5.57 Å². The Hall–Kier alpha value is -1.05. The van der Waals surface area contributed by atoms with Crippen LogP contribution in [0, 0.1) is 52.3 Å². The summed E-state index contributed by atoms with van der Waals surface area (Å²) in [5.41, 5.74) is 2.69. The molecule has 9 atom stereocenters. The fourth-order valence-electron chi connectivity index (χ4n) is 10.7. The minimum Gasteiger partial charge on any atom is -0.462 e. The zero-order valence-electron chi connectivity index (χ0n) is 31.7.